The second-order valence-corrected chi connectivity index (χ2v) is 9.20. The maximum atomic E-state index is 12.6. The molecule has 3 rings (SSSR count). The second kappa shape index (κ2) is 9.00. The van der Waals surface area contributed by atoms with Crippen LogP contribution < -0.4 is 15.4 Å². The van der Waals surface area contributed by atoms with Gasteiger partial charge in [-0.3, -0.25) is 4.72 Å². The highest BCUT2D eigenvalue weighted by atomic mass is 35.5. The largest absolute Gasteiger partial charge is 0.332 e. The van der Waals surface area contributed by atoms with Crippen LogP contribution in [0.15, 0.2) is 71.6 Å². The molecule has 3 aromatic rings. The molecule has 0 spiro atoms. The highest BCUT2D eigenvalue weighted by Gasteiger charge is 2.15. The molecule has 0 unspecified atom stereocenters. The van der Waals surface area contributed by atoms with Crippen LogP contribution in [-0.2, 0) is 10.0 Å². The monoisotopic (exact) mass is 465 g/mol. The van der Waals surface area contributed by atoms with Crippen LogP contribution in [0.25, 0.3) is 0 Å². The van der Waals surface area contributed by atoms with E-state index in [1.54, 1.807) is 12.1 Å². The van der Waals surface area contributed by atoms with Crippen LogP contribution in [0.5, 0.6) is 0 Å². The Balaban J connectivity index is 1.67. The average molecular weight is 466 g/mol. The molecule has 0 bridgehead atoms. The lowest BCUT2D eigenvalue weighted by molar-refractivity contribution is 0.601. The van der Waals surface area contributed by atoms with Crippen LogP contribution >= 0.6 is 35.4 Å². The van der Waals surface area contributed by atoms with Crippen molar-refractivity contribution in [1.29, 1.82) is 0 Å². The molecular weight excluding hydrogens is 449 g/mol. The molecule has 0 aromatic heterocycles. The molecule has 9 heteroatoms. The van der Waals surface area contributed by atoms with Crippen molar-refractivity contribution in [1.82, 2.24) is 0 Å². The number of aryl methyl sites for hydroxylation is 1. The lowest BCUT2D eigenvalue weighted by atomic mass is 10.2. The minimum absolute atomic E-state index is 0.0942. The number of rotatable bonds is 5. The molecule has 0 amide bonds. The Morgan fingerprint density at radius 1 is 0.828 bits per heavy atom. The minimum Gasteiger partial charge on any atom is -0.332 e. The molecular formula is C20H17Cl2N3O2S2. The third-order valence-electron chi connectivity index (χ3n) is 3.81. The van der Waals surface area contributed by atoms with Gasteiger partial charge in [-0.1, -0.05) is 35.3 Å². The van der Waals surface area contributed by atoms with Gasteiger partial charge in [0.25, 0.3) is 10.0 Å². The van der Waals surface area contributed by atoms with Crippen LogP contribution in [0.4, 0.5) is 17.1 Å². The first-order valence-electron chi connectivity index (χ1n) is 8.45. The molecule has 0 aliphatic rings. The molecule has 150 valence electrons. The van der Waals surface area contributed by atoms with Crippen molar-refractivity contribution in [2.75, 3.05) is 15.4 Å². The summed E-state index contributed by atoms with van der Waals surface area (Å²) in [5.41, 5.74) is 2.92. The predicted octanol–water partition coefficient (Wildman–Crippen LogP) is 5.91. The van der Waals surface area contributed by atoms with Crippen molar-refractivity contribution in [3.05, 3.63) is 82.3 Å². The first-order valence-corrected chi connectivity index (χ1v) is 11.1. The Labute approximate surface area is 185 Å². The maximum Gasteiger partial charge on any atom is 0.261 e. The van der Waals surface area contributed by atoms with Crippen LogP contribution in [0.1, 0.15) is 5.56 Å². The van der Waals surface area contributed by atoms with Gasteiger partial charge < -0.3 is 10.6 Å². The van der Waals surface area contributed by atoms with E-state index < -0.39 is 10.0 Å². The van der Waals surface area contributed by atoms with Crippen molar-refractivity contribution in [2.24, 2.45) is 0 Å². The summed E-state index contributed by atoms with van der Waals surface area (Å²) in [5, 5.41) is 7.18. The van der Waals surface area contributed by atoms with Crippen LogP contribution in [0.2, 0.25) is 10.0 Å². The number of benzene rings is 3. The van der Waals surface area contributed by atoms with Gasteiger partial charge >= 0.3 is 0 Å². The molecule has 0 aliphatic carbocycles. The van der Waals surface area contributed by atoms with E-state index in [4.69, 9.17) is 35.4 Å². The third kappa shape index (κ3) is 6.08. The number of sulfonamides is 1. The fraction of sp³-hybridized carbons (Fsp3) is 0.0500. The molecule has 0 aliphatic heterocycles. The number of nitrogens with one attached hydrogen (secondary N) is 3. The zero-order valence-electron chi connectivity index (χ0n) is 15.2. The number of thiocarbonyl (C=S) groups is 1. The smallest absolute Gasteiger partial charge is 0.261 e. The number of halogens is 2. The standard InChI is InChI=1S/C20H17Cl2N3O2S2/c1-13-3-2-4-17(9-13)24-20(28)23-16-5-7-19(8-6-16)29(26,27)25-18-11-14(21)10-15(22)12-18/h2-12,25H,1H3,(H2,23,24,28). The van der Waals surface area contributed by atoms with Crippen LogP contribution in [-0.4, -0.2) is 13.5 Å². The fourth-order valence-electron chi connectivity index (χ4n) is 2.56. The first kappa shape index (κ1) is 21.4. The predicted molar refractivity (Wildman–Crippen MR) is 125 cm³/mol. The van der Waals surface area contributed by atoms with Crippen molar-refractivity contribution < 1.29 is 8.42 Å². The Morgan fingerprint density at radius 3 is 2.07 bits per heavy atom. The van der Waals surface area contributed by atoms with Gasteiger partial charge in [-0.25, -0.2) is 8.42 Å². The second-order valence-electron chi connectivity index (χ2n) is 6.24. The summed E-state index contributed by atoms with van der Waals surface area (Å²) in [6.07, 6.45) is 0. The van der Waals surface area contributed by atoms with Crippen molar-refractivity contribution in [3.8, 4) is 0 Å². The zero-order valence-corrected chi connectivity index (χ0v) is 18.4. The summed E-state index contributed by atoms with van der Waals surface area (Å²) >= 11 is 17.1. The van der Waals surface area contributed by atoms with Crippen molar-refractivity contribution in [2.45, 2.75) is 11.8 Å². The van der Waals surface area contributed by atoms with Gasteiger partial charge in [-0.15, -0.1) is 0 Å². The van der Waals surface area contributed by atoms with Crippen molar-refractivity contribution >= 4 is 67.6 Å². The van der Waals surface area contributed by atoms with E-state index in [0.29, 0.717) is 20.8 Å². The van der Waals surface area contributed by atoms with E-state index in [1.165, 1.54) is 30.3 Å². The van der Waals surface area contributed by atoms with Crippen LogP contribution in [0, 0.1) is 6.92 Å². The molecule has 0 atom stereocenters. The Kier molecular flexibility index (Phi) is 6.64. The summed E-state index contributed by atoms with van der Waals surface area (Å²) in [6.45, 7) is 1.99. The normalized spacial score (nSPS) is 11.0. The third-order valence-corrected chi connectivity index (χ3v) is 5.85. The summed E-state index contributed by atoms with van der Waals surface area (Å²) in [5.74, 6) is 0. The van der Waals surface area contributed by atoms with Crippen molar-refractivity contribution in [3.63, 3.8) is 0 Å². The van der Waals surface area contributed by atoms with E-state index in [1.807, 2.05) is 31.2 Å². The molecule has 0 saturated heterocycles. The van der Waals surface area contributed by atoms with Gasteiger partial charge in [0.15, 0.2) is 5.11 Å². The first-order chi connectivity index (χ1) is 13.7. The van der Waals surface area contributed by atoms with E-state index in [9.17, 15) is 8.42 Å². The quantitative estimate of drug-likeness (QED) is 0.408. The minimum atomic E-state index is -3.79. The fourth-order valence-corrected chi connectivity index (χ4v) is 4.36. The molecule has 3 aromatic carbocycles. The lowest BCUT2D eigenvalue weighted by Gasteiger charge is -2.12. The number of hydrogen-bond acceptors (Lipinski definition) is 3. The van der Waals surface area contributed by atoms with E-state index in [-0.39, 0.29) is 10.6 Å². The van der Waals surface area contributed by atoms with Gasteiger partial charge in [0.05, 0.1) is 10.6 Å². The van der Waals surface area contributed by atoms with Crippen LogP contribution in [0.3, 0.4) is 0 Å². The summed E-state index contributed by atoms with van der Waals surface area (Å²) in [4.78, 5) is 0.0942. The zero-order chi connectivity index (χ0) is 21.0. The molecule has 5 nitrogen and oxygen atoms in total. The molecule has 3 N–H and O–H groups in total. The number of anilines is 3. The highest BCUT2D eigenvalue weighted by molar-refractivity contribution is 7.92. The molecule has 0 saturated carbocycles. The van der Waals surface area contributed by atoms with Gasteiger partial charge in [0.1, 0.15) is 0 Å². The topological polar surface area (TPSA) is 70.2 Å². The summed E-state index contributed by atoms with van der Waals surface area (Å²) < 4.78 is 27.6. The van der Waals surface area contributed by atoms with E-state index >= 15 is 0 Å². The molecule has 29 heavy (non-hydrogen) atoms. The summed E-state index contributed by atoms with van der Waals surface area (Å²) in [6, 6.07) is 18.5. The SMILES string of the molecule is Cc1cccc(NC(=S)Nc2ccc(S(=O)(=O)Nc3cc(Cl)cc(Cl)c3)cc2)c1. The summed E-state index contributed by atoms with van der Waals surface area (Å²) in [7, 11) is -3.79. The Bertz CT molecular complexity index is 1130. The van der Waals surface area contributed by atoms with Gasteiger partial charge in [-0.05, 0) is 79.3 Å². The highest BCUT2D eigenvalue weighted by Crippen LogP contribution is 2.25. The average Bonchev–Trinajstić information content (AvgIpc) is 2.60. The van der Waals surface area contributed by atoms with Gasteiger partial charge in [0.2, 0.25) is 0 Å². The lowest BCUT2D eigenvalue weighted by Crippen LogP contribution is -2.19. The van der Waals surface area contributed by atoms with E-state index in [0.717, 1.165) is 11.3 Å². The Hall–Kier alpha value is -2.32. The molecule has 0 fully saturated rings. The van der Waals surface area contributed by atoms with Gasteiger partial charge in [-0.2, -0.15) is 0 Å². The Morgan fingerprint density at radius 2 is 1.45 bits per heavy atom. The van der Waals surface area contributed by atoms with E-state index in [2.05, 4.69) is 15.4 Å². The van der Waals surface area contributed by atoms with Gasteiger partial charge in [0, 0.05) is 21.4 Å². The molecule has 0 radical (unpaired) electrons. The maximum absolute atomic E-state index is 12.6. The number of hydrogen-bond donors (Lipinski definition) is 3. The molecule has 0 heterocycles.